The van der Waals surface area contributed by atoms with E-state index in [4.69, 9.17) is 4.74 Å². The number of hydrogen-bond acceptors (Lipinski definition) is 4. The molecule has 2 aromatic heterocycles. The van der Waals surface area contributed by atoms with E-state index < -0.39 is 0 Å². The molecule has 1 saturated carbocycles. The maximum Gasteiger partial charge on any atom is 0.260 e. The van der Waals surface area contributed by atoms with Crippen molar-refractivity contribution in [1.29, 1.82) is 0 Å². The van der Waals surface area contributed by atoms with Gasteiger partial charge in [0.15, 0.2) is 0 Å². The minimum Gasteiger partial charge on any atom is -0.472 e. The van der Waals surface area contributed by atoms with Crippen molar-refractivity contribution in [2.24, 2.45) is 11.3 Å². The summed E-state index contributed by atoms with van der Waals surface area (Å²) in [5.74, 6) is 2.10. The first-order chi connectivity index (χ1) is 9.97. The fourth-order valence-corrected chi connectivity index (χ4v) is 3.61. The number of ether oxygens (including phenoxy) is 1. The Morgan fingerprint density at radius 2 is 2.19 bits per heavy atom. The molecule has 1 N–H and O–H groups in total. The molecular formula is C16H24N4O. The maximum atomic E-state index is 6.24. The first-order valence-electron chi connectivity index (χ1n) is 7.65. The van der Waals surface area contributed by atoms with Crippen molar-refractivity contribution in [2.75, 3.05) is 12.4 Å². The third kappa shape index (κ3) is 2.96. The van der Waals surface area contributed by atoms with Gasteiger partial charge in [-0.3, -0.25) is 4.40 Å². The first-order valence-corrected chi connectivity index (χ1v) is 7.65. The average Bonchev–Trinajstić information content (AvgIpc) is 2.84. The Hall–Kier alpha value is -1.78. The second kappa shape index (κ2) is 5.20. The van der Waals surface area contributed by atoms with Crippen LogP contribution < -0.4 is 10.1 Å². The molecule has 1 fully saturated rings. The van der Waals surface area contributed by atoms with Gasteiger partial charge in [0.2, 0.25) is 5.65 Å². The van der Waals surface area contributed by atoms with Gasteiger partial charge in [0.05, 0.1) is 6.20 Å². The molecule has 0 bridgehead atoms. The summed E-state index contributed by atoms with van der Waals surface area (Å²) < 4.78 is 8.19. The number of nitrogens with zero attached hydrogens (tertiary/aromatic N) is 3. The van der Waals surface area contributed by atoms with Gasteiger partial charge < -0.3 is 10.1 Å². The molecule has 0 spiro atoms. The van der Waals surface area contributed by atoms with Crippen LogP contribution in [0.3, 0.4) is 0 Å². The summed E-state index contributed by atoms with van der Waals surface area (Å²) in [5.41, 5.74) is 1.11. The van der Waals surface area contributed by atoms with Gasteiger partial charge in [-0.15, -0.1) is 0 Å². The normalized spacial score (nSPS) is 25.0. The second-order valence-corrected chi connectivity index (χ2v) is 6.99. The second-order valence-electron chi connectivity index (χ2n) is 6.99. The fourth-order valence-electron chi connectivity index (χ4n) is 3.61. The minimum atomic E-state index is 0.212. The SMILES string of the molecule is CNc1cn2ccnc2c(OC2CC(C)CC(C)(C)C2)n1. The Balaban J connectivity index is 1.88. The van der Waals surface area contributed by atoms with Crippen LogP contribution in [0.15, 0.2) is 18.6 Å². The molecule has 21 heavy (non-hydrogen) atoms. The van der Waals surface area contributed by atoms with E-state index in [0.29, 0.717) is 17.2 Å². The zero-order valence-electron chi connectivity index (χ0n) is 13.3. The number of nitrogens with one attached hydrogen (secondary N) is 1. The Morgan fingerprint density at radius 3 is 2.90 bits per heavy atom. The van der Waals surface area contributed by atoms with E-state index in [1.807, 2.05) is 23.8 Å². The van der Waals surface area contributed by atoms with Crippen LogP contribution in [0.1, 0.15) is 40.0 Å². The van der Waals surface area contributed by atoms with Crippen molar-refractivity contribution in [2.45, 2.75) is 46.1 Å². The predicted molar refractivity (Wildman–Crippen MR) is 83.7 cm³/mol. The van der Waals surface area contributed by atoms with E-state index in [1.165, 1.54) is 6.42 Å². The number of imidazole rings is 1. The van der Waals surface area contributed by atoms with Gasteiger partial charge in [-0.1, -0.05) is 20.8 Å². The smallest absolute Gasteiger partial charge is 0.260 e. The highest BCUT2D eigenvalue weighted by Gasteiger charge is 2.33. The molecule has 3 rings (SSSR count). The Bertz CT molecular complexity index is 634. The number of aromatic nitrogens is 3. The van der Waals surface area contributed by atoms with Gasteiger partial charge >= 0.3 is 0 Å². The van der Waals surface area contributed by atoms with Gasteiger partial charge in [-0.2, -0.15) is 4.98 Å². The van der Waals surface area contributed by atoms with E-state index in [1.54, 1.807) is 6.20 Å². The molecule has 0 aliphatic heterocycles. The molecule has 2 heterocycles. The van der Waals surface area contributed by atoms with Crippen LogP contribution in [-0.4, -0.2) is 27.5 Å². The van der Waals surface area contributed by atoms with Gasteiger partial charge in [-0.05, 0) is 30.6 Å². The summed E-state index contributed by atoms with van der Waals surface area (Å²) in [6.45, 7) is 6.95. The zero-order chi connectivity index (χ0) is 15.0. The molecule has 2 unspecified atom stereocenters. The molecular weight excluding hydrogens is 264 g/mol. The molecule has 2 atom stereocenters. The van der Waals surface area contributed by atoms with E-state index in [2.05, 4.69) is 36.1 Å². The summed E-state index contributed by atoms with van der Waals surface area (Å²) in [5, 5.41) is 3.07. The quantitative estimate of drug-likeness (QED) is 0.941. The Morgan fingerprint density at radius 1 is 1.38 bits per heavy atom. The summed E-state index contributed by atoms with van der Waals surface area (Å²) in [6, 6.07) is 0. The van der Waals surface area contributed by atoms with Crippen LogP contribution in [0.25, 0.3) is 5.65 Å². The molecule has 5 heteroatoms. The summed E-state index contributed by atoms with van der Waals surface area (Å²) in [6.07, 6.45) is 9.23. The predicted octanol–water partition coefficient (Wildman–Crippen LogP) is 3.36. The van der Waals surface area contributed by atoms with Crippen LogP contribution in [0.4, 0.5) is 5.82 Å². The lowest BCUT2D eigenvalue weighted by Gasteiger charge is -2.38. The van der Waals surface area contributed by atoms with Crippen LogP contribution in [0, 0.1) is 11.3 Å². The van der Waals surface area contributed by atoms with Crippen LogP contribution in [-0.2, 0) is 0 Å². The Kier molecular flexibility index (Phi) is 3.51. The zero-order valence-corrected chi connectivity index (χ0v) is 13.3. The first kappa shape index (κ1) is 14.2. The molecule has 0 saturated heterocycles. The van der Waals surface area contributed by atoms with Crippen molar-refractivity contribution in [3.8, 4) is 5.88 Å². The lowest BCUT2D eigenvalue weighted by molar-refractivity contribution is 0.0540. The van der Waals surface area contributed by atoms with Gasteiger partial charge in [0.1, 0.15) is 11.9 Å². The van der Waals surface area contributed by atoms with Crippen molar-refractivity contribution in [3.63, 3.8) is 0 Å². The molecule has 1 aliphatic carbocycles. The average molecular weight is 288 g/mol. The lowest BCUT2D eigenvalue weighted by atomic mass is 9.71. The largest absolute Gasteiger partial charge is 0.472 e. The van der Waals surface area contributed by atoms with Gasteiger partial charge in [0.25, 0.3) is 5.88 Å². The summed E-state index contributed by atoms with van der Waals surface area (Å²) in [4.78, 5) is 8.90. The highest BCUT2D eigenvalue weighted by molar-refractivity contribution is 5.53. The molecule has 114 valence electrons. The molecule has 0 radical (unpaired) electrons. The fraction of sp³-hybridized carbons (Fsp3) is 0.625. The highest BCUT2D eigenvalue weighted by atomic mass is 16.5. The van der Waals surface area contributed by atoms with Gasteiger partial charge in [0, 0.05) is 19.4 Å². The topological polar surface area (TPSA) is 51.5 Å². The monoisotopic (exact) mass is 288 g/mol. The summed E-state index contributed by atoms with van der Waals surface area (Å²) >= 11 is 0. The number of anilines is 1. The van der Waals surface area contributed by atoms with Crippen molar-refractivity contribution in [1.82, 2.24) is 14.4 Å². The number of rotatable bonds is 3. The third-order valence-corrected chi connectivity index (χ3v) is 4.22. The van der Waals surface area contributed by atoms with Crippen LogP contribution in [0.5, 0.6) is 5.88 Å². The molecule has 1 aliphatic rings. The molecule has 5 nitrogen and oxygen atoms in total. The number of hydrogen-bond donors (Lipinski definition) is 1. The molecule has 0 amide bonds. The number of fused-ring (bicyclic) bond motifs is 1. The van der Waals surface area contributed by atoms with E-state index >= 15 is 0 Å². The van der Waals surface area contributed by atoms with Crippen LogP contribution >= 0.6 is 0 Å². The maximum absolute atomic E-state index is 6.24. The van der Waals surface area contributed by atoms with E-state index in [0.717, 1.165) is 24.3 Å². The van der Waals surface area contributed by atoms with E-state index in [9.17, 15) is 0 Å². The van der Waals surface area contributed by atoms with Crippen LogP contribution in [0.2, 0.25) is 0 Å². The van der Waals surface area contributed by atoms with Crippen molar-refractivity contribution in [3.05, 3.63) is 18.6 Å². The van der Waals surface area contributed by atoms with Crippen molar-refractivity contribution >= 4 is 11.5 Å². The molecule has 0 aromatic carbocycles. The van der Waals surface area contributed by atoms with Crippen molar-refractivity contribution < 1.29 is 4.74 Å². The Labute approximate surface area is 125 Å². The minimum absolute atomic E-state index is 0.212. The van der Waals surface area contributed by atoms with E-state index in [-0.39, 0.29) is 6.10 Å². The summed E-state index contributed by atoms with van der Waals surface area (Å²) in [7, 11) is 1.86. The standard InChI is InChI=1S/C16H24N4O/c1-11-7-12(9-16(2,3)8-11)21-15-14-18-5-6-20(14)10-13(17-4)19-15/h5-6,10-12,17H,7-9H2,1-4H3. The highest BCUT2D eigenvalue weighted by Crippen LogP contribution is 2.40. The van der Waals surface area contributed by atoms with Gasteiger partial charge in [-0.25, -0.2) is 4.98 Å². The molecule has 2 aromatic rings. The third-order valence-electron chi connectivity index (χ3n) is 4.22. The lowest BCUT2D eigenvalue weighted by Crippen LogP contribution is -2.34.